The minimum atomic E-state index is -4.37. The topological polar surface area (TPSA) is 44.2 Å². The summed E-state index contributed by atoms with van der Waals surface area (Å²) in [5.74, 6) is 1.32. The van der Waals surface area contributed by atoms with Gasteiger partial charge in [0.15, 0.2) is 0 Å². The Bertz CT molecular complexity index is 1270. The van der Waals surface area contributed by atoms with Crippen LogP contribution < -0.4 is 9.47 Å². The maximum absolute atomic E-state index is 12.9. The zero-order valence-electron chi connectivity index (χ0n) is 19.5. The number of nitrogens with zero attached hydrogens (tertiary/aromatic N) is 2. The molecule has 4 rings (SSSR count). The summed E-state index contributed by atoms with van der Waals surface area (Å²) in [4.78, 5) is 8.33. The second kappa shape index (κ2) is 10.6. The molecule has 0 saturated heterocycles. The number of rotatable bonds is 8. The first-order valence-corrected chi connectivity index (χ1v) is 11.3. The van der Waals surface area contributed by atoms with Gasteiger partial charge in [-0.2, -0.15) is 13.2 Å². The van der Waals surface area contributed by atoms with Crippen molar-refractivity contribution in [1.82, 2.24) is 9.97 Å². The van der Waals surface area contributed by atoms with Crippen molar-refractivity contribution in [2.75, 3.05) is 6.61 Å². The molecule has 35 heavy (non-hydrogen) atoms. The Morgan fingerprint density at radius 2 is 1.60 bits per heavy atom. The van der Waals surface area contributed by atoms with E-state index in [1.807, 2.05) is 56.3 Å². The number of ether oxygens (including phenoxy) is 2. The van der Waals surface area contributed by atoms with Crippen LogP contribution >= 0.6 is 0 Å². The number of alkyl halides is 3. The lowest BCUT2D eigenvalue weighted by Gasteiger charge is -2.16. The maximum atomic E-state index is 12.9. The number of halogens is 3. The van der Waals surface area contributed by atoms with Gasteiger partial charge in [0.2, 0.25) is 0 Å². The molecule has 0 N–H and O–H groups in total. The second-order valence-corrected chi connectivity index (χ2v) is 8.13. The smallest absolute Gasteiger partial charge is 0.416 e. The highest BCUT2D eigenvalue weighted by Crippen LogP contribution is 2.34. The van der Waals surface area contributed by atoms with Crippen molar-refractivity contribution >= 4 is 0 Å². The summed E-state index contributed by atoms with van der Waals surface area (Å²) in [7, 11) is 0. The Hall–Kier alpha value is -3.87. The van der Waals surface area contributed by atoms with Gasteiger partial charge in [-0.25, -0.2) is 9.97 Å². The van der Waals surface area contributed by atoms with Crippen LogP contribution in [-0.4, -0.2) is 16.6 Å². The van der Waals surface area contributed by atoms with E-state index in [-0.39, 0.29) is 6.61 Å². The van der Waals surface area contributed by atoms with Crippen LogP contribution in [0.15, 0.2) is 79.3 Å². The molecule has 0 aliphatic rings. The molecule has 1 heterocycles. The molecule has 4 nitrogen and oxygen atoms in total. The standard InChI is InChI=1S/C28H25F3N2O2/c1-3-14-34-27-16-21(20-7-9-23(10-8-20)28(29,30)31)5-6-22(27)17-35-26-11-4-19(2)15-24(26)25-12-13-32-18-33-25/h4-13,15-16,18H,3,14,17H2,1-2H3. The number of aryl methyl sites for hydroxylation is 1. The van der Waals surface area contributed by atoms with Crippen molar-refractivity contribution in [3.05, 3.63) is 95.9 Å². The van der Waals surface area contributed by atoms with Crippen molar-refractivity contribution < 1.29 is 22.6 Å². The SMILES string of the molecule is CCCOc1cc(-c2ccc(C(F)(F)F)cc2)ccc1COc1ccc(C)cc1-c1ccncn1. The molecular formula is C28H25F3N2O2. The quantitative estimate of drug-likeness (QED) is 0.263. The van der Waals surface area contributed by atoms with Gasteiger partial charge in [-0.15, -0.1) is 0 Å². The lowest BCUT2D eigenvalue weighted by Crippen LogP contribution is -2.04. The van der Waals surface area contributed by atoms with Gasteiger partial charge in [0, 0.05) is 17.3 Å². The third-order valence-electron chi connectivity index (χ3n) is 5.45. The predicted molar refractivity (Wildman–Crippen MR) is 129 cm³/mol. The fourth-order valence-electron chi connectivity index (χ4n) is 3.63. The summed E-state index contributed by atoms with van der Waals surface area (Å²) in [5, 5.41) is 0. The highest BCUT2D eigenvalue weighted by Gasteiger charge is 2.30. The van der Waals surface area contributed by atoms with E-state index in [1.165, 1.54) is 18.5 Å². The molecule has 7 heteroatoms. The molecule has 0 aliphatic carbocycles. The van der Waals surface area contributed by atoms with E-state index in [1.54, 1.807) is 6.20 Å². The van der Waals surface area contributed by atoms with Crippen LogP contribution in [0.1, 0.15) is 30.0 Å². The fraction of sp³-hybridized carbons (Fsp3) is 0.214. The highest BCUT2D eigenvalue weighted by molar-refractivity contribution is 5.68. The van der Waals surface area contributed by atoms with Gasteiger partial charge in [-0.3, -0.25) is 0 Å². The minimum absolute atomic E-state index is 0.257. The van der Waals surface area contributed by atoms with Crippen LogP contribution in [-0.2, 0) is 12.8 Å². The van der Waals surface area contributed by atoms with Crippen LogP contribution in [0.5, 0.6) is 11.5 Å². The molecule has 1 aromatic heterocycles. The summed E-state index contributed by atoms with van der Waals surface area (Å²) < 4.78 is 50.9. The Morgan fingerprint density at radius 3 is 2.29 bits per heavy atom. The fourth-order valence-corrected chi connectivity index (χ4v) is 3.63. The minimum Gasteiger partial charge on any atom is -0.493 e. The average molecular weight is 479 g/mol. The highest BCUT2D eigenvalue weighted by atomic mass is 19.4. The van der Waals surface area contributed by atoms with Crippen molar-refractivity contribution in [3.63, 3.8) is 0 Å². The van der Waals surface area contributed by atoms with Crippen LogP contribution in [0.25, 0.3) is 22.4 Å². The zero-order chi connectivity index (χ0) is 24.8. The van der Waals surface area contributed by atoms with Crippen LogP contribution in [0.4, 0.5) is 13.2 Å². The molecule has 0 radical (unpaired) electrons. The number of benzene rings is 3. The van der Waals surface area contributed by atoms with Crippen LogP contribution in [0, 0.1) is 6.92 Å². The third kappa shape index (κ3) is 5.98. The first-order valence-electron chi connectivity index (χ1n) is 11.3. The molecule has 180 valence electrons. The van der Waals surface area contributed by atoms with Crippen LogP contribution in [0.3, 0.4) is 0 Å². The van der Waals surface area contributed by atoms with E-state index in [4.69, 9.17) is 9.47 Å². The molecule has 0 fully saturated rings. The Labute approximate surface area is 202 Å². The molecule has 0 aliphatic heterocycles. The molecule has 0 atom stereocenters. The first-order chi connectivity index (χ1) is 16.8. The average Bonchev–Trinajstić information content (AvgIpc) is 2.87. The number of aromatic nitrogens is 2. The van der Waals surface area contributed by atoms with Crippen molar-refractivity contribution in [3.8, 4) is 33.9 Å². The van der Waals surface area contributed by atoms with Gasteiger partial charge < -0.3 is 9.47 Å². The monoisotopic (exact) mass is 478 g/mol. The summed E-state index contributed by atoms with van der Waals surface area (Å²) in [6.07, 6.45) is -0.362. The van der Waals surface area contributed by atoms with E-state index < -0.39 is 11.7 Å². The van der Waals surface area contributed by atoms with Gasteiger partial charge in [-0.05, 0) is 60.9 Å². The van der Waals surface area contributed by atoms with Crippen molar-refractivity contribution in [1.29, 1.82) is 0 Å². The van der Waals surface area contributed by atoms with Gasteiger partial charge in [0.05, 0.1) is 17.9 Å². The molecule has 0 amide bonds. The van der Waals surface area contributed by atoms with E-state index >= 15 is 0 Å². The van der Waals surface area contributed by atoms with Gasteiger partial charge in [0.1, 0.15) is 24.4 Å². The summed E-state index contributed by atoms with van der Waals surface area (Å²) >= 11 is 0. The number of hydrogen-bond acceptors (Lipinski definition) is 4. The Kier molecular flexibility index (Phi) is 7.34. The summed E-state index contributed by atoms with van der Waals surface area (Å²) in [6, 6.07) is 18.4. The lowest BCUT2D eigenvalue weighted by atomic mass is 10.0. The zero-order valence-corrected chi connectivity index (χ0v) is 19.5. The Balaban J connectivity index is 1.60. The van der Waals surface area contributed by atoms with Crippen LogP contribution in [0.2, 0.25) is 0 Å². The molecule has 4 aromatic rings. The maximum Gasteiger partial charge on any atom is 0.416 e. The molecule has 0 bridgehead atoms. The second-order valence-electron chi connectivity index (χ2n) is 8.13. The van der Waals surface area contributed by atoms with E-state index in [2.05, 4.69) is 9.97 Å². The van der Waals surface area contributed by atoms with Gasteiger partial charge in [0.25, 0.3) is 0 Å². The molecular weight excluding hydrogens is 453 g/mol. The first kappa shape index (κ1) is 24.3. The third-order valence-corrected chi connectivity index (χ3v) is 5.45. The molecule has 0 spiro atoms. The lowest BCUT2D eigenvalue weighted by molar-refractivity contribution is -0.137. The molecule has 0 saturated carbocycles. The largest absolute Gasteiger partial charge is 0.493 e. The van der Waals surface area contributed by atoms with Crippen molar-refractivity contribution in [2.45, 2.75) is 33.1 Å². The molecule has 0 unspecified atom stereocenters. The van der Waals surface area contributed by atoms with E-state index in [9.17, 15) is 13.2 Å². The summed E-state index contributed by atoms with van der Waals surface area (Å²) in [5.41, 5.74) is 4.32. The molecule has 3 aromatic carbocycles. The van der Waals surface area contributed by atoms with Crippen molar-refractivity contribution in [2.24, 2.45) is 0 Å². The van der Waals surface area contributed by atoms with Gasteiger partial charge >= 0.3 is 6.18 Å². The summed E-state index contributed by atoms with van der Waals surface area (Å²) in [6.45, 7) is 4.79. The number of hydrogen-bond donors (Lipinski definition) is 0. The Morgan fingerprint density at radius 1 is 0.829 bits per heavy atom. The van der Waals surface area contributed by atoms with E-state index in [0.717, 1.165) is 46.5 Å². The normalized spacial score (nSPS) is 11.3. The van der Waals surface area contributed by atoms with E-state index in [0.29, 0.717) is 23.7 Å². The van der Waals surface area contributed by atoms with Gasteiger partial charge in [-0.1, -0.05) is 42.8 Å². The predicted octanol–water partition coefficient (Wildman–Crippen LogP) is 7.51.